The van der Waals surface area contributed by atoms with Crippen molar-refractivity contribution in [3.05, 3.63) is 41.3 Å². The van der Waals surface area contributed by atoms with Crippen LogP contribution in [-0.4, -0.2) is 55.5 Å². The first-order valence-electron chi connectivity index (χ1n) is 11.3. The Kier molecular flexibility index (Phi) is 6.54. The number of sulfonamides is 1. The van der Waals surface area contributed by atoms with Crippen LogP contribution in [0.4, 0.5) is 5.13 Å². The summed E-state index contributed by atoms with van der Waals surface area (Å²) in [6, 6.07) is 8.60. The van der Waals surface area contributed by atoms with Crippen LogP contribution in [0.25, 0.3) is 10.2 Å². The van der Waals surface area contributed by atoms with Crippen molar-refractivity contribution in [1.82, 2.24) is 9.29 Å². The highest BCUT2D eigenvalue weighted by Gasteiger charge is 2.41. The van der Waals surface area contributed by atoms with Gasteiger partial charge in [0.05, 0.1) is 22.9 Å². The number of para-hydroxylation sites is 1. The van der Waals surface area contributed by atoms with Crippen molar-refractivity contribution in [3.8, 4) is 0 Å². The second kappa shape index (κ2) is 9.42. The zero-order valence-corrected chi connectivity index (χ0v) is 20.9. The monoisotopic (exact) mass is 505 g/mol. The van der Waals surface area contributed by atoms with Crippen molar-refractivity contribution in [2.75, 3.05) is 24.6 Å². The van der Waals surface area contributed by atoms with Crippen LogP contribution < -0.4 is 4.90 Å². The number of thiophene rings is 1. The fourth-order valence-electron chi connectivity index (χ4n) is 4.59. The van der Waals surface area contributed by atoms with Crippen LogP contribution in [0.3, 0.4) is 0 Å². The maximum Gasteiger partial charge on any atom is 0.253 e. The summed E-state index contributed by atoms with van der Waals surface area (Å²) in [5.41, 5.74) is 1.94. The number of hydrogen-bond acceptors (Lipinski definition) is 7. The van der Waals surface area contributed by atoms with Crippen LogP contribution in [0.2, 0.25) is 0 Å². The van der Waals surface area contributed by atoms with E-state index in [9.17, 15) is 13.2 Å². The van der Waals surface area contributed by atoms with Crippen molar-refractivity contribution < 1.29 is 17.9 Å². The molecule has 0 N–H and O–H groups in total. The Morgan fingerprint density at radius 2 is 2.09 bits per heavy atom. The lowest BCUT2D eigenvalue weighted by Crippen LogP contribution is -2.54. The summed E-state index contributed by atoms with van der Waals surface area (Å²) < 4.78 is 35.3. The molecule has 2 fully saturated rings. The number of ether oxygens (including phenoxy) is 1. The Morgan fingerprint density at radius 3 is 2.82 bits per heavy atom. The van der Waals surface area contributed by atoms with Crippen LogP contribution >= 0.6 is 22.7 Å². The fraction of sp³-hybridized carbons (Fsp3) is 0.478. The first kappa shape index (κ1) is 22.9. The minimum Gasteiger partial charge on any atom is -0.376 e. The quantitative estimate of drug-likeness (QED) is 0.495. The van der Waals surface area contributed by atoms with Gasteiger partial charge in [0.1, 0.15) is 10.3 Å². The summed E-state index contributed by atoms with van der Waals surface area (Å²) in [5.74, 6) is -0.206. The molecule has 10 heteroatoms. The van der Waals surface area contributed by atoms with Crippen LogP contribution in [0, 0.1) is 6.92 Å². The predicted octanol–water partition coefficient (Wildman–Crippen LogP) is 4.42. The third-order valence-electron chi connectivity index (χ3n) is 6.31. The van der Waals surface area contributed by atoms with Crippen LogP contribution in [-0.2, 0) is 19.6 Å². The average molecular weight is 506 g/mol. The predicted molar refractivity (Wildman–Crippen MR) is 132 cm³/mol. The Hall–Kier alpha value is -1.85. The van der Waals surface area contributed by atoms with Gasteiger partial charge in [-0.25, -0.2) is 13.4 Å². The van der Waals surface area contributed by atoms with Gasteiger partial charge in [-0.2, -0.15) is 4.31 Å². The van der Waals surface area contributed by atoms with Gasteiger partial charge in [0.2, 0.25) is 5.91 Å². The van der Waals surface area contributed by atoms with Crippen LogP contribution in [0.5, 0.6) is 0 Å². The number of benzene rings is 1. The highest BCUT2D eigenvalue weighted by atomic mass is 32.2. The molecule has 0 aliphatic carbocycles. The van der Waals surface area contributed by atoms with E-state index in [1.54, 1.807) is 22.4 Å². The van der Waals surface area contributed by atoms with Gasteiger partial charge < -0.3 is 4.74 Å². The fourth-order valence-corrected chi connectivity index (χ4v) is 8.42. The van der Waals surface area contributed by atoms with E-state index in [4.69, 9.17) is 9.72 Å². The molecule has 7 nitrogen and oxygen atoms in total. The van der Waals surface area contributed by atoms with Crippen LogP contribution in [0.1, 0.15) is 37.7 Å². The first-order chi connectivity index (χ1) is 15.9. The zero-order chi connectivity index (χ0) is 23.0. The van der Waals surface area contributed by atoms with E-state index in [1.165, 1.54) is 27.0 Å². The summed E-state index contributed by atoms with van der Waals surface area (Å²) in [4.78, 5) is 20.5. The first-order valence-corrected chi connectivity index (χ1v) is 14.4. The molecular formula is C23H27N3O4S3. The molecule has 4 heterocycles. The number of nitrogens with zero attached hydrogens (tertiary/aromatic N) is 3. The molecule has 1 aromatic carbocycles. The number of thiazole rings is 1. The Labute approximate surface area is 202 Å². The molecule has 0 saturated carbocycles. The summed E-state index contributed by atoms with van der Waals surface area (Å²) in [7, 11) is -3.73. The minimum atomic E-state index is -3.73. The van der Waals surface area contributed by atoms with Crippen molar-refractivity contribution in [2.45, 2.75) is 55.4 Å². The second-order valence-corrected chi connectivity index (χ2v) is 12.6. The lowest BCUT2D eigenvalue weighted by Gasteiger charge is -2.36. The second-order valence-electron chi connectivity index (χ2n) is 8.56. The summed E-state index contributed by atoms with van der Waals surface area (Å²) in [6.45, 7) is 3.44. The molecule has 2 atom stereocenters. The van der Waals surface area contributed by atoms with Gasteiger partial charge in [-0.3, -0.25) is 9.69 Å². The maximum absolute atomic E-state index is 14.0. The molecule has 2 saturated heterocycles. The lowest BCUT2D eigenvalue weighted by atomic mass is 10.0. The van der Waals surface area contributed by atoms with E-state index in [1.807, 2.05) is 25.1 Å². The van der Waals surface area contributed by atoms with Gasteiger partial charge in [0.15, 0.2) is 5.13 Å². The molecule has 176 valence electrons. The minimum absolute atomic E-state index is 0.0620. The molecule has 0 radical (unpaired) electrons. The molecule has 0 bridgehead atoms. The number of anilines is 1. The molecule has 2 unspecified atom stereocenters. The van der Waals surface area contributed by atoms with Gasteiger partial charge in [-0.1, -0.05) is 36.0 Å². The van der Waals surface area contributed by atoms with E-state index in [2.05, 4.69) is 0 Å². The Balaban J connectivity index is 1.51. The zero-order valence-electron chi connectivity index (χ0n) is 18.5. The molecule has 2 aliphatic heterocycles. The van der Waals surface area contributed by atoms with Gasteiger partial charge >= 0.3 is 0 Å². The third-order valence-corrected chi connectivity index (χ3v) is 10.6. The SMILES string of the molecule is Cc1cccc2sc(N(CC3CCCO3)C(=O)C3CCCCN3S(=O)(=O)c3cccs3)nc12. The number of aryl methyl sites for hydroxylation is 1. The van der Waals surface area contributed by atoms with Crippen molar-refractivity contribution in [2.24, 2.45) is 0 Å². The average Bonchev–Trinajstić information content (AvgIpc) is 3.59. The summed E-state index contributed by atoms with van der Waals surface area (Å²) in [6.07, 6.45) is 3.87. The topological polar surface area (TPSA) is 79.8 Å². The van der Waals surface area contributed by atoms with Crippen molar-refractivity contribution in [1.29, 1.82) is 0 Å². The standard InChI is InChI=1S/C23H27N3O4S3/c1-16-7-4-10-19-21(16)24-23(32-19)25(15-17-8-5-13-30-17)22(27)18-9-2-3-12-26(18)33(28,29)20-11-6-14-31-20/h4,6-7,10-11,14,17-18H,2-3,5,8-9,12-13,15H2,1H3. The van der Waals surface area contributed by atoms with Gasteiger partial charge in [-0.15, -0.1) is 11.3 Å². The van der Waals surface area contributed by atoms with Crippen LogP contribution in [0.15, 0.2) is 39.9 Å². The Morgan fingerprint density at radius 1 is 1.21 bits per heavy atom. The number of fused-ring (bicyclic) bond motifs is 1. The number of rotatable bonds is 6. The molecule has 1 amide bonds. The van der Waals surface area contributed by atoms with E-state index in [-0.39, 0.29) is 16.2 Å². The van der Waals surface area contributed by atoms with Crippen molar-refractivity contribution >= 4 is 54.0 Å². The molecule has 33 heavy (non-hydrogen) atoms. The number of amides is 1. The van der Waals surface area contributed by atoms with Gasteiger partial charge in [0, 0.05) is 13.2 Å². The number of carbonyl (C=O) groups excluding carboxylic acids is 1. The summed E-state index contributed by atoms with van der Waals surface area (Å²) in [5, 5.41) is 2.36. The van der Waals surface area contributed by atoms with E-state index in [0.717, 1.165) is 41.5 Å². The smallest absolute Gasteiger partial charge is 0.253 e. The molecule has 3 aromatic rings. The number of carbonyl (C=O) groups is 1. The van der Waals surface area contributed by atoms with Crippen molar-refractivity contribution in [3.63, 3.8) is 0 Å². The maximum atomic E-state index is 14.0. The molecule has 5 rings (SSSR count). The van der Waals surface area contributed by atoms with E-state index >= 15 is 0 Å². The molecular weight excluding hydrogens is 478 g/mol. The van der Waals surface area contributed by atoms with Gasteiger partial charge in [0.25, 0.3) is 10.0 Å². The van der Waals surface area contributed by atoms with E-state index < -0.39 is 16.1 Å². The van der Waals surface area contributed by atoms with E-state index in [0.29, 0.717) is 31.2 Å². The number of aromatic nitrogens is 1. The molecule has 2 aromatic heterocycles. The normalized spacial score (nSPS) is 22.1. The largest absolute Gasteiger partial charge is 0.376 e. The molecule has 2 aliphatic rings. The number of piperidine rings is 1. The highest BCUT2D eigenvalue weighted by molar-refractivity contribution is 7.91. The van der Waals surface area contributed by atoms with Gasteiger partial charge in [-0.05, 0) is 55.7 Å². The number of hydrogen-bond donors (Lipinski definition) is 0. The Bertz CT molecular complexity index is 1230. The summed E-state index contributed by atoms with van der Waals surface area (Å²) >= 11 is 2.66. The lowest BCUT2D eigenvalue weighted by molar-refractivity contribution is -0.123. The highest BCUT2D eigenvalue weighted by Crippen LogP contribution is 2.34. The third kappa shape index (κ3) is 4.46. The molecule has 0 spiro atoms.